The van der Waals surface area contributed by atoms with Gasteiger partial charge in [-0.3, -0.25) is 19.1 Å². The van der Waals surface area contributed by atoms with Crippen LogP contribution in [0.5, 0.6) is 5.75 Å². The summed E-state index contributed by atoms with van der Waals surface area (Å²) < 4.78 is 55.7. The van der Waals surface area contributed by atoms with Crippen LogP contribution in [0.4, 0.5) is 13.2 Å². The first-order valence-electron chi connectivity index (χ1n) is 20.5. The van der Waals surface area contributed by atoms with Gasteiger partial charge in [-0.05, 0) is 80.5 Å². The Labute approximate surface area is 335 Å². The molecule has 1 unspecified atom stereocenters. The molecule has 2 saturated carbocycles. The molecule has 58 heavy (non-hydrogen) atoms. The van der Waals surface area contributed by atoms with Crippen LogP contribution < -0.4 is 4.74 Å². The van der Waals surface area contributed by atoms with E-state index in [9.17, 15) is 37.5 Å². The lowest BCUT2D eigenvalue weighted by atomic mass is 9.71. The van der Waals surface area contributed by atoms with Crippen LogP contribution in [0.2, 0.25) is 0 Å². The number of halogens is 3. The standard InChI is InChI=1S/C43H50F3N5O7/c44-43(45,46)42(15-16-42)40(56)50-27-41(28-50)26-49(38(53)32-20-47-51(22-32)21-29-7-3-1-4-8-29)23-33(41)24-57-25-37(52)48-17-13-30(14-18-48)35-12-11-31(39(54)55)19-36(35)58-34-9-5-2-6-10-34/h1,3-4,7-8,11-12,19-20,22,30,33-34H,2,5-6,9-10,13-18,21,23-28H2,(H,54,55). The number of carboxylic acid groups (broad SMARTS) is 1. The number of ether oxygens (including phenoxy) is 2. The van der Waals surface area contributed by atoms with Crippen LogP contribution in [0.25, 0.3) is 0 Å². The highest BCUT2D eigenvalue weighted by molar-refractivity contribution is 5.94. The Morgan fingerprint density at radius 2 is 1.57 bits per heavy atom. The number of amides is 3. The van der Waals surface area contributed by atoms with Crippen molar-refractivity contribution >= 4 is 23.7 Å². The molecule has 5 fully saturated rings. The van der Waals surface area contributed by atoms with E-state index in [-0.39, 0.29) is 87.6 Å². The number of hydrogen-bond acceptors (Lipinski definition) is 7. The first-order valence-corrected chi connectivity index (χ1v) is 20.5. The van der Waals surface area contributed by atoms with Crippen LogP contribution in [0.1, 0.15) is 95.5 Å². The van der Waals surface area contributed by atoms with Crippen LogP contribution in [-0.2, 0) is 20.9 Å². The number of piperidine rings is 1. The summed E-state index contributed by atoms with van der Waals surface area (Å²) in [4.78, 5) is 56.8. The van der Waals surface area contributed by atoms with Crippen LogP contribution >= 0.6 is 0 Å². The topological polar surface area (TPSA) is 135 Å². The molecule has 3 aromatic rings. The molecule has 1 N–H and O–H groups in total. The second kappa shape index (κ2) is 16.0. The highest BCUT2D eigenvalue weighted by Crippen LogP contribution is 2.60. The minimum atomic E-state index is -4.61. The molecular formula is C43H50F3N5O7. The largest absolute Gasteiger partial charge is 0.490 e. The van der Waals surface area contributed by atoms with Gasteiger partial charge in [0.05, 0.1) is 36.6 Å². The van der Waals surface area contributed by atoms with E-state index in [0.29, 0.717) is 43.8 Å². The van der Waals surface area contributed by atoms with Crippen molar-refractivity contribution in [1.29, 1.82) is 0 Å². The molecule has 0 radical (unpaired) electrons. The van der Waals surface area contributed by atoms with E-state index < -0.39 is 28.9 Å². The van der Waals surface area contributed by atoms with E-state index in [1.165, 1.54) is 17.5 Å². The highest BCUT2D eigenvalue weighted by Gasteiger charge is 2.71. The lowest BCUT2D eigenvalue weighted by Gasteiger charge is -2.51. The molecular weight excluding hydrogens is 755 g/mol. The maximum atomic E-state index is 13.9. The molecule has 2 aliphatic carbocycles. The van der Waals surface area contributed by atoms with Gasteiger partial charge < -0.3 is 29.3 Å². The summed E-state index contributed by atoms with van der Waals surface area (Å²) in [5.74, 6) is -1.96. The summed E-state index contributed by atoms with van der Waals surface area (Å²) >= 11 is 0. The number of hydrogen-bond donors (Lipinski definition) is 1. The molecule has 8 rings (SSSR count). The van der Waals surface area contributed by atoms with Crippen LogP contribution in [0.15, 0.2) is 60.9 Å². The zero-order valence-corrected chi connectivity index (χ0v) is 32.5. The number of rotatable bonds is 12. The van der Waals surface area contributed by atoms with Crippen LogP contribution in [0, 0.1) is 16.7 Å². The third-order valence-corrected chi connectivity index (χ3v) is 13.1. The van der Waals surface area contributed by atoms with Crippen molar-refractivity contribution in [3.05, 3.63) is 83.2 Å². The predicted octanol–water partition coefficient (Wildman–Crippen LogP) is 6.01. The van der Waals surface area contributed by atoms with E-state index in [1.807, 2.05) is 36.4 Å². The Kier molecular flexibility index (Phi) is 11.0. The van der Waals surface area contributed by atoms with Gasteiger partial charge in [-0.15, -0.1) is 0 Å². The van der Waals surface area contributed by atoms with Crippen molar-refractivity contribution in [1.82, 2.24) is 24.5 Å². The maximum Gasteiger partial charge on any atom is 0.403 e. The minimum Gasteiger partial charge on any atom is -0.490 e. The van der Waals surface area contributed by atoms with Gasteiger partial charge in [0.15, 0.2) is 0 Å². The second-order valence-electron chi connectivity index (χ2n) is 17.0. The summed E-state index contributed by atoms with van der Waals surface area (Å²) in [5.41, 5.74) is -0.425. The van der Waals surface area contributed by atoms with Crippen molar-refractivity contribution in [2.45, 2.75) is 82.5 Å². The third kappa shape index (κ3) is 8.06. The molecule has 1 spiro atoms. The summed E-state index contributed by atoms with van der Waals surface area (Å²) in [7, 11) is 0. The summed E-state index contributed by atoms with van der Waals surface area (Å²) in [5, 5.41) is 14.0. The lowest BCUT2D eigenvalue weighted by molar-refractivity contribution is -0.205. The molecule has 0 bridgehead atoms. The fourth-order valence-electron chi connectivity index (χ4n) is 9.48. The molecule has 3 amide bonds. The van der Waals surface area contributed by atoms with Gasteiger partial charge in [-0.25, -0.2) is 4.79 Å². The van der Waals surface area contributed by atoms with Crippen LogP contribution in [0.3, 0.4) is 0 Å². The summed E-state index contributed by atoms with van der Waals surface area (Å²) in [6.07, 6.45) is 4.78. The number of carbonyl (C=O) groups excluding carboxylic acids is 3. The molecule has 3 aliphatic heterocycles. The van der Waals surface area contributed by atoms with Crippen LogP contribution in [-0.4, -0.2) is 118 Å². The van der Waals surface area contributed by atoms with Gasteiger partial charge >= 0.3 is 12.1 Å². The monoisotopic (exact) mass is 805 g/mol. The van der Waals surface area contributed by atoms with E-state index in [2.05, 4.69) is 5.10 Å². The van der Waals surface area contributed by atoms with E-state index in [1.54, 1.807) is 32.8 Å². The Hall–Kier alpha value is -4.92. The Morgan fingerprint density at radius 1 is 0.862 bits per heavy atom. The van der Waals surface area contributed by atoms with E-state index >= 15 is 0 Å². The first-order chi connectivity index (χ1) is 27.8. The quantitative estimate of drug-likeness (QED) is 0.236. The molecule has 4 heterocycles. The Morgan fingerprint density at radius 3 is 2.24 bits per heavy atom. The zero-order chi connectivity index (χ0) is 40.7. The number of benzene rings is 2. The molecule has 1 aromatic heterocycles. The van der Waals surface area contributed by atoms with Crippen molar-refractivity contribution in [3.8, 4) is 5.75 Å². The first kappa shape index (κ1) is 39.9. The van der Waals surface area contributed by atoms with E-state index in [0.717, 1.165) is 36.8 Å². The second-order valence-corrected chi connectivity index (χ2v) is 17.0. The number of nitrogens with zero attached hydrogens (tertiary/aromatic N) is 5. The number of alkyl halides is 3. The smallest absolute Gasteiger partial charge is 0.403 e. The number of carbonyl (C=O) groups is 4. The molecule has 2 aromatic carbocycles. The van der Waals surface area contributed by atoms with Gasteiger partial charge in [-0.2, -0.15) is 18.3 Å². The van der Waals surface area contributed by atoms with Gasteiger partial charge in [0.2, 0.25) is 11.8 Å². The predicted molar refractivity (Wildman–Crippen MR) is 204 cm³/mol. The summed E-state index contributed by atoms with van der Waals surface area (Å²) in [6, 6.07) is 14.8. The number of aromatic carboxylic acids is 1. The van der Waals surface area contributed by atoms with Gasteiger partial charge in [-0.1, -0.05) is 42.8 Å². The van der Waals surface area contributed by atoms with Gasteiger partial charge in [0.25, 0.3) is 5.91 Å². The molecule has 1 atom stereocenters. The average molecular weight is 806 g/mol. The number of likely N-dealkylation sites (tertiary alicyclic amines) is 3. The molecule has 12 nitrogen and oxygen atoms in total. The maximum absolute atomic E-state index is 13.9. The Balaban J connectivity index is 0.886. The number of aromatic nitrogens is 2. The fourth-order valence-corrected chi connectivity index (χ4v) is 9.48. The highest BCUT2D eigenvalue weighted by atomic mass is 19.4. The minimum absolute atomic E-state index is 0.0571. The van der Waals surface area contributed by atoms with Crippen molar-refractivity contribution in [2.75, 3.05) is 52.5 Å². The molecule has 3 saturated heterocycles. The van der Waals surface area contributed by atoms with Gasteiger partial charge in [0.1, 0.15) is 17.8 Å². The van der Waals surface area contributed by atoms with E-state index in [4.69, 9.17) is 9.47 Å². The molecule has 310 valence electrons. The lowest BCUT2D eigenvalue weighted by Crippen LogP contribution is -2.65. The Bertz CT molecular complexity index is 2000. The zero-order valence-electron chi connectivity index (χ0n) is 32.5. The SMILES string of the molecule is O=C(O)c1ccc(C2CCN(C(=O)COCC3CN(C(=O)c4cnn(Cc5ccccc5)c4)CC34CN(C(=O)C3(C(F)(F)F)CC3)C4)CC2)c(OC2CCCCC2)c1. The average Bonchev–Trinajstić information content (AvgIpc) is 3.77. The van der Waals surface area contributed by atoms with Crippen molar-refractivity contribution in [3.63, 3.8) is 0 Å². The van der Waals surface area contributed by atoms with Crippen molar-refractivity contribution < 1.29 is 46.9 Å². The molecule has 15 heteroatoms. The number of carboxylic acids is 1. The third-order valence-electron chi connectivity index (χ3n) is 13.1. The van der Waals surface area contributed by atoms with Gasteiger partial charge in [0, 0.05) is 56.8 Å². The van der Waals surface area contributed by atoms with Crippen molar-refractivity contribution in [2.24, 2.45) is 16.7 Å². The summed E-state index contributed by atoms with van der Waals surface area (Å²) in [6.45, 7) is 2.03. The fraction of sp³-hybridized carbons (Fsp3) is 0.558. The molecule has 5 aliphatic rings. The normalized spacial score (nSPS) is 21.8.